The van der Waals surface area contributed by atoms with Crippen molar-refractivity contribution in [2.45, 2.75) is 27.7 Å². The van der Waals surface area contributed by atoms with Crippen molar-refractivity contribution in [3.8, 4) is 0 Å². The van der Waals surface area contributed by atoms with E-state index in [2.05, 4.69) is 70.2 Å². The van der Waals surface area contributed by atoms with Gasteiger partial charge in [-0.1, -0.05) is 61.9 Å². The molecule has 0 radical (unpaired) electrons. The molecule has 0 amide bonds. The molecule has 1 aromatic carbocycles. The normalized spacial score (nSPS) is 12.7. The third kappa shape index (κ3) is 3.75. The van der Waals surface area contributed by atoms with E-state index in [0.717, 1.165) is 0 Å². The summed E-state index contributed by atoms with van der Waals surface area (Å²) < 4.78 is 0. The molecular formula is C15H20. The van der Waals surface area contributed by atoms with Crippen molar-refractivity contribution in [1.29, 1.82) is 0 Å². The van der Waals surface area contributed by atoms with Gasteiger partial charge in [-0.2, -0.15) is 0 Å². The van der Waals surface area contributed by atoms with E-state index in [1.165, 1.54) is 16.7 Å². The van der Waals surface area contributed by atoms with Gasteiger partial charge in [0.05, 0.1) is 0 Å². The zero-order valence-corrected chi connectivity index (χ0v) is 10.1. The summed E-state index contributed by atoms with van der Waals surface area (Å²) in [6.07, 6.45) is 6.59. The summed E-state index contributed by atoms with van der Waals surface area (Å²) in [6.45, 7) is 8.58. The van der Waals surface area contributed by atoms with E-state index in [-0.39, 0.29) is 0 Å². The number of allylic oxidation sites excluding steroid dienone is 4. The number of hydrogen-bond donors (Lipinski definition) is 0. The summed E-state index contributed by atoms with van der Waals surface area (Å²) >= 11 is 0. The summed E-state index contributed by atoms with van der Waals surface area (Å²) in [5, 5.41) is 0. The van der Waals surface area contributed by atoms with E-state index in [9.17, 15) is 0 Å². The molecule has 0 heterocycles. The first-order valence-electron chi connectivity index (χ1n) is 5.55. The van der Waals surface area contributed by atoms with Crippen molar-refractivity contribution in [3.63, 3.8) is 0 Å². The van der Waals surface area contributed by atoms with Crippen LogP contribution in [0.4, 0.5) is 0 Å². The van der Waals surface area contributed by atoms with Crippen molar-refractivity contribution in [2.24, 2.45) is 5.92 Å². The highest BCUT2D eigenvalue weighted by Crippen LogP contribution is 2.17. The van der Waals surface area contributed by atoms with Crippen LogP contribution in [0.25, 0.3) is 5.57 Å². The van der Waals surface area contributed by atoms with Gasteiger partial charge in [-0.05, 0) is 30.9 Å². The lowest BCUT2D eigenvalue weighted by molar-refractivity contribution is 0.832. The first-order chi connectivity index (χ1) is 7.13. The molecule has 0 atom stereocenters. The molecule has 0 fully saturated rings. The molecule has 0 aromatic heterocycles. The number of aryl methyl sites for hydroxylation is 1. The topological polar surface area (TPSA) is 0 Å². The van der Waals surface area contributed by atoms with E-state index >= 15 is 0 Å². The fraction of sp³-hybridized carbons (Fsp3) is 0.333. The van der Waals surface area contributed by atoms with Crippen molar-refractivity contribution in [1.82, 2.24) is 0 Å². The molecule has 0 aliphatic heterocycles. The Bertz CT molecular complexity index is 350. The van der Waals surface area contributed by atoms with Crippen LogP contribution in [0.5, 0.6) is 0 Å². The zero-order chi connectivity index (χ0) is 11.3. The van der Waals surface area contributed by atoms with Gasteiger partial charge in [0.15, 0.2) is 0 Å². The van der Waals surface area contributed by atoms with Crippen LogP contribution in [-0.4, -0.2) is 0 Å². The van der Waals surface area contributed by atoms with Gasteiger partial charge in [-0.15, -0.1) is 0 Å². The van der Waals surface area contributed by atoms with Crippen LogP contribution in [0.1, 0.15) is 31.9 Å². The molecule has 1 aromatic rings. The summed E-state index contributed by atoms with van der Waals surface area (Å²) in [5.74, 6) is 0.602. The minimum atomic E-state index is 0.602. The number of benzene rings is 1. The van der Waals surface area contributed by atoms with E-state index in [0.29, 0.717) is 5.92 Å². The molecule has 0 aliphatic carbocycles. The highest BCUT2D eigenvalue weighted by atomic mass is 14.0. The van der Waals surface area contributed by atoms with Gasteiger partial charge in [0.25, 0.3) is 0 Å². The molecule has 15 heavy (non-hydrogen) atoms. The van der Waals surface area contributed by atoms with Gasteiger partial charge < -0.3 is 0 Å². The molecule has 0 N–H and O–H groups in total. The molecule has 0 nitrogen and oxygen atoms in total. The van der Waals surface area contributed by atoms with E-state index < -0.39 is 0 Å². The molecule has 0 aliphatic rings. The molecule has 0 spiro atoms. The molecule has 1 rings (SSSR count). The Hall–Kier alpha value is -1.30. The van der Waals surface area contributed by atoms with Crippen LogP contribution in [0.15, 0.2) is 42.5 Å². The highest BCUT2D eigenvalue weighted by Gasteiger charge is 1.96. The van der Waals surface area contributed by atoms with Crippen LogP contribution < -0.4 is 0 Å². The van der Waals surface area contributed by atoms with E-state index in [4.69, 9.17) is 0 Å². The summed E-state index contributed by atoms with van der Waals surface area (Å²) in [4.78, 5) is 0. The molecule has 0 bridgehead atoms. The average Bonchev–Trinajstić information content (AvgIpc) is 2.21. The van der Waals surface area contributed by atoms with Crippen molar-refractivity contribution in [3.05, 3.63) is 53.6 Å². The standard InChI is InChI=1S/C15H20/c1-5-14(9-6-12(2)3)15-10-7-13(4)8-11-15/h5-12H,1-4H3/b9-6-,14-5+. The average molecular weight is 200 g/mol. The molecular weight excluding hydrogens is 180 g/mol. The number of rotatable bonds is 3. The van der Waals surface area contributed by atoms with Gasteiger partial charge in [0.2, 0.25) is 0 Å². The van der Waals surface area contributed by atoms with Crippen molar-refractivity contribution in [2.75, 3.05) is 0 Å². The zero-order valence-electron chi connectivity index (χ0n) is 10.1. The predicted molar refractivity (Wildman–Crippen MR) is 68.8 cm³/mol. The lowest BCUT2D eigenvalue weighted by Gasteiger charge is -2.03. The summed E-state index contributed by atoms with van der Waals surface area (Å²) in [5.41, 5.74) is 3.89. The fourth-order valence-corrected chi connectivity index (χ4v) is 1.40. The maximum Gasteiger partial charge on any atom is -0.0187 e. The Kier molecular flexibility index (Phi) is 4.36. The Morgan fingerprint density at radius 1 is 1.13 bits per heavy atom. The monoisotopic (exact) mass is 200 g/mol. The third-order valence-corrected chi connectivity index (χ3v) is 2.36. The lowest BCUT2D eigenvalue weighted by atomic mass is 10.0. The van der Waals surface area contributed by atoms with Crippen LogP contribution in [-0.2, 0) is 0 Å². The van der Waals surface area contributed by atoms with E-state index in [1.54, 1.807) is 0 Å². The van der Waals surface area contributed by atoms with Crippen LogP contribution >= 0.6 is 0 Å². The summed E-state index contributed by atoms with van der Waals surface area (Å²) in [6, 6.07) is 8.66. The van der Waals surface area contributed by atoms with Gasteiger partial charge in [-0.25, -0.2) is 0 Å². The first kappa shape index (κ1) is 11.8. The number of hydrogen-bond acceptors (Lipinski definition) is 0. The van der Waals surface area contributed by atoms with Crippen LogP contribution in [0.3, 0.4) is 0 Å². The predicted octanol–water partition coefficient (Wildman–Crippen LogP) is 4.61. The largest absolute Gasteiger partial charge is 0.0814 e. The van der Waals surface area contributed by atoms with Gasteiger partial charge >= 0.3 is 0 Å². The fourth-order valence-electron chi connectivity index (χ4n) is 1.40. The van der Waals surface area contributed by atoms with Gasteiger partial charge in [-0.3, -0.25) is 0 Å². The Morgan fingerprint density at radius 3 is 2.20 bits per heavy atom. The van der Waals surface area contributed by atoms with Crippen molar-refractivity contribution >= 4 is 5.57 Å². The first-order valence-corrected chi connectivity index (χ1v) is 5.55. The van der Waals surface area contributed by atoms with Crippen molar-refractivity contribution < 1.29 is 0 Å². The Morgan fingerprint density at radius 2 is 1.73 bits per heavy atom. The molecule has 0 heteroatoms. The highest BCUT2D eigenvalue weighted by molar-refractivity contribution is 5.73. The maximum atomic E-state index is 2.23. The SMILES string of the molecule is C/C=C(\C=C/C(C)C)c1ccc(C)cc1. The molecule has 0 saturated carbocycles. The maximum absolute atomic E-state index is 2.23. The van der Waals surface area contributed by atoms with Crippen LogP contribution in [0.2, 0.25) is 0 Å². The van der Waals surface area contributed by atoms with Gasteiger partial charge in [0, 0.05) is 0 Å². The minimum absolute atomic E-state index is 0.602. The Balaban J connectivity index is 2.89. The van der Waals surface area contributed by atoms with Crippen LogP contribution in [0, 0.1) is 12.8 Å². The third-order valence-electron chi connectivity index (χ3n) is 2.36. The molecule has 0 unspecified atom stereocenters. The summed E-state index contributed by atoms with van der Waals surface area (Å²) in [7, 11) is 0. The Labute approximate surface area is 93.3 Å². The molecule has 80 valence electrons. The second-order valence-electron chi connectivity index (χ2n) is 4.21. The van der Waals surface area contributed by atoms with E-state index in [1.807, 2.05) is 0 Å². The second kappa shape index (κ2) is 5.55. The lowest BCUT2D eigenvalue weighted by Crippen LogP contribution is -1.83. The van der Waals surface area contributed by atoms with Gasteiger partial charge in [0.1, 0.15) is 0 Å². The quantitative estimate of drug-likeness (QED) is 0.625. The molecule has 0 saturated heterocycles. The minimum Gasteiger partial charge on any atom is -0.0814 e. The second-order valence-corrected chi connectivity index (χ2v) is 4.21. The smallest absolute Gasteiger partial charge is 0.0187 e.